The SMILES string of the molecule is C[C@H]1CCCC[C@@H]1n1c(-c2cccnc2)n[nH]c1=S. The van der Waals surface area contributed by atoms with Gasteiger partial charge in [-0.05, 0) is 43.1 Å². The molecule has 1 aliphatic carbocycles. The van der Waals surface area contributed by atoms with Crippen molar-refractivity contribution in [2.24, 2.45) is 5.92 Å². The van der Waals surface area contributed by atoms with Gasteiger partial charge >= 0.3 is 0 Å². The van der Waals surface area contributed by atoms with Crippen molar-refractivity contribution in [2.45, 2.75) is 38.6 Å². The highest BCUT2D eigenvalue weighted by Crippen LogP contribution is 2.36. The third-order valence-electron chi connectivity index (χ3n) is 4.02. The zero-order valence-corrected chi connectivity index (χ0v) is 11.9. The normalized spacial score (nSPS) is 23.4. The first-order valence-corrected chi connectivity index (χ1v) is 7.25. The Labute approximate surface area is 117 Å². The molecule has 0 amide bonds. The lowest BCUT2D eigenvalue weighted by molar-refractivity contribution is 0.257. The quantitative estimate of drug-likeness (QED) is 0.848. The van der Waals surface area contributed by atoms with Crippen LogP contribution in [0.1, 0.15) is 38.6 Å². The average molecular weight is 274 g/mol. The van der Waals surface area contributed by atoms with E-state index in [-0.39, 0.29) is 0 Å². The molecular formula is C14H18N4S. The van der Waals surface area contributed by atoms with Crippen molar-refractivity contribution in [3.63, 3.8) is 0 Å². The predicted molar refractivity (Wildman–Crippen MR) is 77.3 cm³/mol. The molecule has 0 bridgehead atoms. The van der Waals surface area contributed by atoms with Gasteiger partial charge in [-0.15, -0.1) is 0 Å². The highest BCUT2D eigenvalue weighted by atomic mass is 32.1. The third-order valence-corrected chi connectivity index (χ3v) is 4.31. The maximum Gasteiger partial charge on any atom is 0.195 e. The number of nitrogens with zero attached hydrogens (tertiary/aromatic N) is 3. The van der Waals surface area contributed by atoms with E-state index in [4.69, 9.17) is 12.2 Å². The molecule has 0 saturated heterocycles. The van der Waals surface area contributed by atoms with E-state index in [1.807, 2.05) is 18.3 Å². The van der Waals surface area contributed by atoms with Crippen LogP contribution in [-0.4, -0.2) is 19.7 Å². The van der Waals surface area contributed by atoms with Gasteiger partial charge in [-0.25, -0.2) is 0 Å². The summed E-state index contributed by atoms with van der Waals surface area (Å²) in [5.74, 6) is 1.56. The van der Waals surface area contributed by atoms with Crippen LogP contribution in [0.5, 0.6) is 0 Å². The van der Waals surface area contributed by atoms with Gasteiger partial charge in [0.25, 0.3) is 0 Å². The molecule has 2 aromatic rings. The van der Waals surface area contributed by atoms with Crippen molar-refractivity contribution in [1.82, 2.24) is 19.7 Å². The number of hydrogen-bond acceptors (Lipinski definition) is 3. The van der Waals surface area contributed by atoms with Crippen LogP contribution in [0.25, 0.3) is 11.4 Å². The number of nitrogens with one attached hydrogen (secondary N) is 1. The van der Waals surface area contributed by atoms with E-state index >= 15 is 0 Å². The van der Waals surface area contributed by atoms with Crippen molar-refractivity contribution < 1.29 is 0 Å². The van der Waals surface area contributed by atoms with E-state index in [1.54, 1.807) is 6.20 Å². The fraction of sp³-hybridized carbons (Fsp3) is 0.500. The standard InChI is InChI=1S/C14H18N4S/c1-10-5-2-3-7-12(10)18-13(16-17-14(18)19)11-6-4-8-15-9-11/h4,6,8-10,12H,2-3,5,7H2,1H3,(H,17,19)/t10-,12-/m0/s1. The molecule has 4 nitrogen and oxygen atoms in total. The summed E-state index contributed by atoms with van der Waals surface area (Å²) in [6.07, 6.45) is 8.67. The second-order valence-electron chi connectivity index (χ2n) is 5.29. The molecule has 1 N–H and O–H groups in total. The van der Waals surface area contributed by atoms with E-state index in [0.717, 1.165) is 16.2 Å². The summed E-state index contributed by atoms with van der Waals surface area (Å²) in [5, 5.41) is 7.34. The summed E-state index contributed by atoms with van der Waals surface area (Å²) in [7, 11) is 0. The second kappa shape index (κ2) is 5.25. The molecule has 2 aromatic heterocycles. The van der Waals surface area contributed by atoms with E-state index in [0.29, 0.717) is 12.0 Å². The third kappa shape index (κ3) is 2.34. The lowest BCUT2D eigenvalue weighted by Crippen LogP contribution is -2.22. The number of aromatic nitrogens is 4. The number of aromatic amines is 1. The smallest absolute Gasteiger partial charge is 0.195 e. The predicted octanol–water partition coefficient (Wildman–Crippen LogP) is 3.75. The van der Waals surface area contributed by atoms with Crippen LogP contribution in [0, 0.1) is 10.7 Å². The molecule has 0 aromatic carbocycles. The maximum absolute atomic E-state index is 5.43. The summed E-state index contributed by atoms with van der Waals surface area (Å²) in [4.78, 5) is 4.17. The molecule has 0 radical (unpaired) electrons. The summed E-state index contributed by atoms with van der Waals surface area (Å²) in [5.41, 5.74) is 1.02. The number of H-pyrrole nitrogens is 1. The Morgan fingerprint density at radius 1 is 1.37 bits per heavy atom. The van der Waals surface area contributed by atoms with Gasteiger partial charge in [0, 0.05) is 24.0 Å². The minimum absolute atomic E-state index is 0.454. The fourth-order valence-electron chi connectivity index (χ4n) is 2.99. The van der Waals surface area contributed by atoms with Crippen molar-refractivity contribution in [2.75, 3.05) is 0 Å². The Balaban J connectivity index is 2.06. The highest BCUT2D eigenvalue weighted by Gasteiger charge is 2.26. The molecule has 1 saturated carbocycles. The van der Waals surface area contributed by atoms with Gasteiger partial charge in [0.15, 0.2) is 10.6 Å². The molecular weight excluding hydrogens is 256 g/mol. The lowest BCUT2D eigenvalue weighted by atomic mass is 9.85. The van der Waals surface area contributed by atoms with Gasteiger partial charge in [-0.1, -0.05) is 19.8 Å². The molecule has 0 unspecified atom stereocenters. The van der Waals surface area contributed by atoms with Crippen LogP contribution in [0.4, 0.5) is 0 Å². The fourth-order valence-corrected chi connectivity index (χ4v) is 3.26. The summed E-state index contributed by atoms with van der Waals surface area (Å²) < 4.78 is 2.91. The molecule has 1 aliphatic rings. The first-order chi connectivity index (χ1) is 9.27. The molecule has 2 atom stereocenters. The van der Waals surface area contributed by atoms with Crippen molar-refractivity contribution in [1.29, 1.82) is 0 Å². The zero-order valence-electron chi connectivity index (χ0n) is 11.0. The van der Waals surface area contributed by atoms with Crippen LogP contribution < -0.4 is 0 Å². The van der Waals surface area contributed by atoms with Gasteiger partial charge in [-0.3, -0.25) is 14.6 Å². The average Bonchev–Trinajstić information content (AvgIpc) is 2.82. The molecule has 100 valence electrons. The van der Waals surface area contributed by atoms with Gasteiger partial charge in [0.05, 0.1) is 0 Å². The van der Waals surface area contributed by atoms with Crippen molar-refractivity contribution in [3.8, 4) is 11.4 Å². The van der Waals surface area contributed by atoms with Crippen LogP contribution in [0.2, 0.25) is 0 Å². The Kier molecular flexibility index (Phi) is 3.46. The van der Waals surface area contributed by atoms with Crippen LogP contribution >= 0.6 is 12.2 Å². The Morgan fingerprint density at radius 2 is 2.21 bits per heavy atom. The van der Waals surface area contributed by atoms with E-state index in [1.165, 1.54) is 25.7 Å². The van der Waals surface area contributed by atoms with Crippen molar-refractivity contribution in [3.05, 3.63) is 29.3 Å². The molecule has 5 heteroatoms. The first-order valence-electron chi connectivity index (χ1n) is 6.84. The number of pyridine rings is 1. The minimum Gasteiger partial charge on any atom is -0.297 e. The van der Waals surface area contributed by atoms with Crippen LogP contribution in [0.15, 0.2) is 24.5 Å². The van der Waals surface area contributed by atoms with Gasteiger partial charge in [-0.2, -0.15) is 5.10 Å². The Morgan fingerprint density at radius 3 is 2.95 bits per heavy atom. The van der Waals surface area contributed by atoms with Crippen LogP contribution in [0.3, 0.4) is 0 Å². The van der Waals surface area contributed by atoms with E-state index < -0.39 is 0 Å². The van der Waals surface area contributed by atoms with E-state index in [2.05, 4.69) is 26.7 Å². The summed E-state index contributed by atoms with van der Waals surface area (Å²) in [6.45, 7) is 2.31. The molecule has 1 fully saturated rings. The molecule has 19 heavy (non-hydrogen) atoms. The van der Waals surface area contributed by atoms with Gasteiger partial charge < -0.3 is 0 Å². The van der Waals surface area contributed by atoms with E-state index in [9.17, 15) is 0 Å². The largest absolute Gasteiger partial charge is 0.297 e. The Hall–Kier alpha value is -1.49. The lowest BCUT2D eigenvalue weighted by Gasteiger charge is -2.30. The van der Waals surface area contributed by atoms with Crippen molar-refractivity contribution >= 4 is 12.2 Å². The maximum atomic E-state index is 5.43. The van der Waals surface area contributed by atoms with Crippen LogP contribution in [-0.2, 0) is 0 Å². The Bertz CT molecular complexity index is 601. The molecule has 3 rings (SSSR count). The van der Waals surface area contributed by atoms with Gasteiger partial charge in [0.2, 0.25) is 0 Å². The summed E-state index contributed by atoms with van der Waals surface area (Å²) >= 11 is 5.43. The topological polar surface area (TPSA) is 46.5 Å². The minimum atomic E-state index is 0.454. The first kappa shape index (κ1) is 12.5. The molecule has 0 spiro atoms. The number of hydrogen-bond donors (Lipinski definition) is 1. The van der Waals surface area contributed by atoms with Gasteiger partial charge in [0.1, 0.15) is 0 Å². The molecule has 0 aliphatic heterocycles. The summed E-state index contributed by atoms with van der Waals surface area (Å²) in [6, 6.07) is 4.42. The second-order valence-corrected chi connectivity index (χ2v) is 5.68. The number of rotatable bonds is 2. The molecule has 2 heterocycles. The zero-order chi connectivity index (χ0) is 13.2. The highest BCUT2D eigenvalue weighted by molar-refractivity contribution is 7.71. The monoisotopic (exact) mass is 274 g/mol.